The molecule has 2 atom stereocenters. The predicted octanol–water partition coefficient (Wildman–Crippen LogP) is -0.239. The lowest BCUT2D eigenvalue weighted by Crippen LogP contribution is -2.30. The Labute approximate surface area is 88.3 Å². The van der Waals surface area contributed by atoms with Crippen LogP contribution >= 0.6 is 0 Å². The highest BCUT2D eigenvalue weighted by Crippen LogP contribution is 2.06. The molecule has 0 aliphatic heterocycles. The van der Waals surface area contributed by atoms with E-state index in [0.717, 1.165) is 0 Å². The number of hydrogen-bond donors (Lipinski definition) is 4. The molecule has 0 aliphatic carbocycles. The van der Waals surface area contributed by atoms with Crippen LogP contribution in [0.5, 0.6) is 0 Å². The summed E-state index contributed by atoms with van der Waals surface area (Å²) in [5, 5.41) is 16.9. The number of nitrogens with two attached hydrogens (primary N) is 2. The molecule has 6 heteroatoms. The second-order valence-corrected chi connectivity index (χ2v) is 3.57. The summed E-state index contributed by atoms with van der Waals surface area (Å²) in [5.74, 6) is -1.89. The number of hydrogen-bond acceptors (Lipinski definition) is 4. The van der Waals surface area contributed by atoms with Crippen molar-refractivity contribution in [3.63, 3.8) is 0 Å². The fourth-order valence-electron chi connectivity index (χ4n) is 1.18. The van der Waals surface area contributed by atoms with Crippen LogP contribution in [0.4, 0.5) is 0 Å². The minimum absolute atomic E-state index is 0.0478. The quantitative estimate of drug-likeness (QED) is 0.445. The fraction of sp³-hybridized carbons (Fsp3) is 0.778. The molecule has 15 heavy (non-hydrogen) atoms. The minimum Gasteiger partial charge on any atom is -0.481 e. The molecule has 0 heterocycles. The summed E-state index contributed by atoms with van der Waals surface area (Å²) >= 11 is 0. The lowest BCUT2D eigenvalue weighted by Gasteiger charge is -2.11. The van der Waals surface area contributed by atoms with Gasteiger partial charge < -0.3 is 21.7 Å². The van der Waals surface area contributed by atoms with Crippen molar-refractivity contribution in [2.75, 3.05) is 0 Å². The van der Waals surface area contributed by atoms with Crippen LogP contribution in [0.3, 0.4) is 0 Å². The van der Waals surface area contributed by atoms with E-state index < -0.39 is 18.0 Å². The van der Waals surface area contributed by atoms with E-state index in [1.165, 1.54) is 0 Å². The van der Waals surface area contributed by atoms with Crippen LogP contribution in [-0.4, -0.2) is 34.2 Å². The molecule has 0 fully saturated rings. The highest BCUT2D eigenvalue weighted by atomic mass is 16.4. The number of aliphatic carboxylic acids is 2. The zero-order valence-corrected chi connectivity index (χ0v) is 8.56. The summed E-state index contributed by atoms with van der Waals surface area (Å²) in [6, 6.07) is -1.04. The van der Waals surface area contributed by atoms with Crippen LogP contribution in [0, 0.1) is 0 Å². The average Bonchev–Trinajstić information content (AvgIpc) is 2.14. The van der Waals surface area contributed by atoms with Gasteiger partial charge in [0.15, 0.2) is 0 Å². The summed E-state index contributed by atoms with van der Waals surface area (Å²) in [7, 11) is 0. The molecule has 0 radical (unpaired) electrons. The average molecular weight is 218 g/mol. The van der Waals surface area contributed by atoms with Gasteiger partial charge in [-0.2, -0.15) is 0 Å². The second-order valence-electron chi connectivity index (χ2n) is 3.57. The lowest BCUT2D eigenvalue weighted by molar-refractivity contribution is -0.139. The first-order valence-corrected chi connectivity index (χ1v) is 4.89. The first kappa shape index (κ1) is 13.9. The van der Waals surface area contributed by atoms with E-state index in [9.17, 15) is 9.59 Å². The van der Waals surface area contributed by atoms with Gasteiger partial charge in [-0.15, -0.1) is 0 Å². The normalized spacial score (nSPS) is 14.5. The molecule has 0 aromatic rings. The van der Waals surface area contributed by atoms with Gasteiger partial charge in [0.2, 0.25) is 0 Å². The standard InChI is InChI=1S/C9H18N2O4/c10-6(4-5-8(12)13)2-1-3-7(11)9(14)15/h6-7H,1-5,10-11H2,(H,12,13)(H,14,15)/t6?,7-/m0/s1. The van der Waals surface area contributed by atoms with Crippen LogP contribution < -0.4 is 11.5 Å². The molecule has 88 valence electrons. The third-order valence-corrected chi connectivity index (χ3v) is 2.14. The van der Waals surface area contributed by atoms with Crippen LogP contribution in [0.25, 0.3) is 0 Å². The van der Waals surface area contributed by atoms with E-state index >= 15 is 0 Å². The maximum absolute atomic E-state index is 10.4. The molecule has 0 rings (SSSR count). The Balaban J connectivity index is 3.50. The van der Waals surface area contributed by atoms with Gasteiger partial charge in [0.25, 0.3) is 0 Å². The van der Waals surface area contributed by atoms with Crippen molar-refractivity contribution < 1.29 is 19.8 Å². The monoisotopic (exact) mass is 218 g/mol. The molecule has 6 N–H and O–H groups in total. The van der Waals surface area contributed by atoms with Crippen molar-refractivity contribution in [2.24, 2.45) is 11.5 Å². The van der Waals surface area contributed by atoms with Crippen molar-refractivity contribution in [1.82, 2.24) is 0 Å². The molecule has 0 saturated heterocycles. The first-order valence-electron chi connectivity index (χ1n) is 4.89. The van der Waals surface area contributed by atoms with Gasteiger partial charge in [0.05, 0.1) is 0 Å². The van der Waals surface area contributed by atoms with Gasteiger partial charge in [-0.05, 0) is 25.7 Å². The highest BCUT2D eigenvalue weighted by molar-refractivity contribution is 5.72. The van der Waals surface area contributed by atoms with E-state index in [-0.39, 0.29) is 12.5 Å². The number of carboxylic acids is 2. The summed E-state index contributed by atoms with van der Waals surface area (Å²) in [6.45, 7) is 0. The molecule has 0 aromatic carbocycles. The Morgan fingerprint density at radius 1 is 1.07 bits per heavy atom. The van der Waals surface area contributed by atoms with Gasteiger partial charge in [0, 0.05) is 12.5 Å². The lowest BCUT2D eigenvalue weighted by atomic mass is 10.0. The van der Waals surface area contributed by atoms with E-state index in [2.05, 4.69) is 0 Å². The Morgan fingerprint density at radius 2 is 1.67 bits per heavy atom. The minimum atomic E-state index is -1.02. The summed E-state index contributed by atoms with van der Waals surface area (Å²) < 4.78 is 0. The van der Waals surface area contributed by atoms with Crippen molar-refractivity contribution >= 4 is 11.9 Å². The topological polar surface area (TPSA) is 127 Å². The molecule has 0 aliphatic rings. The SMILES string of the molecule is NC(CCC[C@H](N)C(=O)O)CCC(=O)O. The van der Waals surface area contributed by atoms with Crippen molar-refractivity contribution in [2.45, 2.75) is 44.2 Å². The molecule has 0 spiro atoms. The summed E-state index contributed by atoms with van der Waals surface area (Å²) in [5.41, 5.74) is 10.9. The molecule has 0 saturated carbocycles. The zero-order chi connectivity index (χ0) is 11.8. The molecule has 6 nitrogen and oxygen atoms in total. The van der Waals surface area contributed by atoms with Crippen molar-refractivity contribution in [1.29, 1.82) is 0 Å². The number of carboxylic acid groups (broad SMARTS) is 2. The third kappa shape index (κ3) is 7.90. The smallest absolute Gasteiger partial charge is 0.320 e. The number of carbonyl (C=O) groups is 2. The number of rotatable bonds is 8. The Kier molecular flexibility index (Phi) is 6.64. The molecule has 1 unspecified atom stereocenters. The van der Waals surface area contributed by atoms with E-state index in [1.807, 2.05) is 0 Å². The third-order valence-electron chi connectivity index (χ3n) is 2.14. The van der Waals surface area contributed by atoms with Crippen molar-refractivity contribution in [3.8, 4) is 0 Å². The van der Waals surface area contributed by atoms with Crippen LogP contribution in [0.2, 0.25) is 0 Å². The van der Waals surface area contributed by atoms with Gasteiger partial charge in [-0.3, -0.25) is 9.59 Å². The molecule has 0 aromatic heterocycles. The highest BCUT2D eigenvalue weighted by Gasteiger charge is 2.12. The Morgan fingerprint density at radius 3 is 2.13 bits per heavy atom. The Bertz CT molecular complexity index is 220. The van der Waals surface area contributed by atoms with E-state index in [1.54, 1.807) is 0 Å². The second kappa shape index (κ2) is 7.19. The molecular formula is C9H18N2O4. The van der Waals surface area contributed by atoms with E-state index in [4.69, 9.17) is 21.7 Å². The molecule has 0 bridgehead atoms. The van der Waals surface area contributed by atoms with Gasteiger partial charge in [-0.25, -0.2) is 0 Å². The summed E-state index contributed by atoms with van der Waals surface area (Å²) in [4.78, 5) is 20.6. The maximum Gasteiger partial charge on any atom is 0.320 e. The fourth-order valence-corrected chi connectivity index (χ4v) is 1.18. The van der Waals surface area contributed by atoms with Crippen LogP contribution in [0.15, 0.2) is 0 Å². The first-order chi connectivity index (χ1) is 6.93. The maximum atomic E-state index is 10.4. The van der Waals surface area contributed by atoms with Gasteiger partial charge in [0.1, 0.15) is 6.04 Å². The van der Waals surface area contributed by atoms with E-state index in [0.29, 0.717) is 25.7 Å². The van der Waals surface area contributed by atoms with Crippen molar-refractivity contribution in [3.05, 3.63) is 0 Å². The van der Waals surface area contributed by atoms with Crippen LogP contribution in [-0.2, 0) is 9.59 Å². The molecular weight excluding hydrogens is 200 g/mol. The Hall–Kier alpha value is -1.14. The van der Waals surface area contributed by atoms with Gasteiger partial charge in [-0.1, -0.05) is 0 Å². The van der Waals surface area contributed by atoms with Crippen LogP contribution in [0.1, 0.15) is 32.1 Å². The zero-order valence-electron chi connectivity index (χ0n) is 8.56. The summed E-state index contributed by atoms with van der Waals surface area (Å²) in [6.07, 6.45) is 2.04. The largest absolute Gasteiger partial charge is 0.481 e. The molecule has 0 amide bonds. The van der Waals surface area contributed by atoms with Gasteiger partial charge >= 0.3 is 11.9 Å². The predicted molar refractivity (Wildman–Crippen MR) is 54.3 cm³/mol.